The molecule has 2 rings (SSSR count). The van der Waals surface area contributed by atoms with E-state index in [-0.39, 0.29) is 0 Å². The molecule has 1 aliphatic carbocycles. The lowest BCUT2D eigenvalue weighted by Gasteiger charge is -2.50. The lowest BCUT2D eigenvalue weighted by molar-refractivity contribution is -0.0171. The quantitative estimate of drug-likeness (QED) is 0.742. The molecule has 0 spiro atoms. The average Bonchev–Trinajstić information content (AvgIpc) is 3.00. The van der Waals surface area contributed by atoms with Crippen molar-refractivity contribution in [2.45, 2.75) is 77.3 Å². The first-order chi connectivity index (χ1) is 10.3. The summed E-state index contributed by atoms with van der Waals surface area (Å²) < 4.78 is 5.84. The molecular formula is C18H36N2O. The van der Waals surface area contributed by atoms with Crippen molar-refractivity contribution in [1.29, 1.82) is 0 Å². The van der Waals surface area contributed by atoms with Crippen molar-refractivity contribution in [3.63, 3.8) is 0 Å². The molecule has 1 saturated carbocycles. The molecule has 0 aromatic heterocycles. The van der Waals surface area contributed by atoms with Crippen LogP contribution in [0.5, 0.6) is 0 Å². The number of nitrogens with one attached hydrogen (secondary N) is 1. The van der Waals surface area contributed by atoms with E-state index in [2.05, 4.69) is 31.0 Å². The smallest absolute Gasteiger partial charge is 0.0509 e. The standard InChI is InChI=1S/C18H36N2O/c1-4-13-19-17(16-10-9-14-21-15-16)18(11-7-8-12-18)20(5-2)6-3/h16-17,19H,4-15H2,1-3H3. The van der Waals surface area contributed by atoms with Gasteiger partial charge in [0.2, 0.25) is 0 Å². The fourth-order valence-electron chi connectivity index (χ4n) is 4.79. The van der Waals surface area contributed by atoms with Gasteiger partial charge in [-0.15, -0.1) is 0 Å². The van der Waals surface area contributed by atoms with Crippen LogP contribution >= 0.6 is 0 Å². The maximum absolute atomic E-state index is 5.84. The van der Waals surface area contributed by atoms with Crippen molar-refractivity contribution in [2.75, 3.05) is 32.8 Å². The van der Waals surface area contributed by atoms with Gasteiger partial charge in [0.1, 0.15) is 0 Å². The highest BCUT2D eigenvalue weighted by molar-refractivity contribution is 5.06. The van der Waals surface area contributed by atoms with Gasteiger partial charge in [-0.1, -0.05) is 33.6 Å². The van der Waals surface area contributed by atoms with Crippen molar-refractivity contribution in [3.05, 3.63) is 0 Å². The Labute approximate surface area is 131 Å². The zero-order valence-corrected chi connectivity index (χ0v) is 14.5. The van der Waals surface area contributed by atoms with Crippen LogP contribution in [-0.2, 0) is 4.74 Å². The second-order valence-electron chi connectivity index (χ2n) is 6.89. The monoisotopic (exact) mass is 296 g/mol. The van der Waals surface area contributed by atoms with Crippen LogP contribution in [0.3, 0.4) is 0 Å². The molecule has 2 atom stereocenters. The van der Waals surface area contributed by atoms with E-state index < -0.39 is 0 Å². The number of hydrogen-bond acceptors (Lipinski definition) is 3. The summed E-state index contributed by atoms with van der Waals surface area (Å²) >= 11 is 0. The van der Waals surface area contributed by atoms with Gasteiger partial charge in [-0.2, -0.15) is 0 Å². The van der Waals surface area contributed by atoms with Gasteiger partial charge in [0.15, 0.2) is 0 Å². The second kappa shape index (κ2) is 8.50. The van der Waals surface area contributed by atoms with E-state index >= 15 is 0 Å². The minimum Gasteiger partial charge on any atom is -0.381 e. The van der Waals surface area contributed by atoms with Crippen LogP contribution in [-0.4, -0.2) is 49.3 Å². The first kappa shape index (κ1) is 17.2. The molecule has 1 N–H and O–H groups in total. The van der Waals surface area contributed by atoms with Crippen LogP contribution in [0.15, 0.2) is 0 Å². The minimum atomic E-state index is 0.379. The molecule has 0 radical (unpaired) electrons. The molecule has 1 aliphatic heterocycles. The third kappa shape index (κ3) is 3.80. The average molecular weight is 296 g/mol. The number of hydrogen-bond donors (Lipinski definition) is 1. The van der Waals surface area contributed by atoms with E-state index in [9.17, 15) is 0 Å². The van der Waals surface area contributed by atoms with Crippen LogP contribution < -0.4 is 5.32 Å². The molecule has 0 aromatic rings. The van der Waals surface area contributed by atoms with Gasteiger partial charge in [-0.05, 0) is 57.7 Å². The third-order valence-corrected chi connectivity index (χ3v) is 5.72. The van der Waals surface area contributed by atoms with E-state index in [1.807, 2.05) is 0 Å². The minimum absolute atomic E-state index is 0.379. The first-order valence-corrected chi connectivity index (χ1v) is 9.34. The Kier molecular flexibility index (Phi) is 6.97. The molecule has 2 fully saturated rings. The molecule has 2 aliphatic rings. The van der Waals surface area contributed by atoms with Crippen LogP contribution in [0, 0.1) is 5.92 Å². The fraction of sp³-hybridized carbons (Fsp3) is 1.00. The normalized spacial score (nSPS) is 27.1. The molecule has 1 heterocycles. The summed E-state index contributed by atoms with van der Waals surface area (Å²) in [6.07, 6.45) is 9.33. The number of nitrogens with zero attached hydrogens (tertiary/aromatic N) is 1. The summed E-state index contributed by atoms with van der Waals surface area (Å²) in [7, 11) is 0. The molecule has 3 heteroatoms. The van der Waals surface area contributed by atoms with Crippen molar-refractivity contribution < 1.29 is 4.74 Å². The van der Waals surface area contributed by atoms with Gasteiger partial charge >= 0.3 is 0 Å². The summed E-state index contributed by atoms with van der Waals surface area (Å²) in [5, 5.41) is 3.95. The molecule has 3 nitrogen and oxygen atoms in total. The summed E-state index contributed by atoms with van der Waals surface area (Å²) in [5.41, 5.74) is 0.379. The SMILES string of the molecule is CCCNC(C1CCCOC1)C1(N(CC)CC)CCCC1. The van der Waals surface area contributed by atoms with Crippen LogP contribution in [0.25, 0.3) is 0 Å². The summed E-state index contributed by atoms with van der Waals surface area (Å²) in [5.74, 6) is 0.698. The summed E-state index contributed by atoms with van der Waals surface area (Å²) in [6.45, 7) is 12.4. The Balaban J connectivity index is 2.20. The number of ether oxygens (including phenoxy) is 1. The maximum atomic E-state index is 5.84. The van der Waals surface area contributed by atoms with Gasteiger partial charge in [0, 0.05) is 18.2 Å². The second-order valence-corrected chi connectivity index (χ2v) is 6.89. The van der Waals surface area contributed by atoms with Crippen molar-refractivity contribution in [1.82, 2.24) is 10.2 Å². The van der Waals surface area contributed by atoms with Crippen LogP contribution in [0.2, 0.25) is 0 Å². The molecule has 0 amide bonds. The van der Waals surface area contributed by atoms with E-state index in [4.69, 9.17) is 4.74 Å². The summed E-state index contributed by atoms with van der Waals surface area (Å²) in [4.78, 5) is 2.75. The van der Waals surface area contributed by atoms with E-state index in [0.29, 0.717) is 17.5 Å². The van der Waals surface area contributed by atoms with Gasteiger partial charge in [-0.25, -0.2) is 0 Å². The molecule has 21 heavy (non-hydrogen) atoms. The van der Waals surface area contributed by atoms with Gasteiger partial charge in [0.25, 0.3) is 0 Å². The molecule has 0 bridgehead atoms. The predicted octanol–water partition coefficient (Wildman–Crippen LogP) is 3.44. The highest BCUT2D eigenvalue weighted by atomic mass is 16.5. The van der Waals surface area contributed by atoms with Crippen molar-refractivity contribution in [2.24, 2.45) is 5.92 Å². The Morgan fingerprint density at radius 3 is 2.38 bits per heavy atom. The largest absolute Gasteiger partial charge is 0.381 e. The highest BCUT2D eigenvalue weighted by Gasteiger charge is 2.47. The number of likely N-dealkylation sites (N-methyl/N-ethyl adjacent to an activating group) is 1. The Hall–Kier alpha value is -0.120. The topological polar surface area (TPSA) is 24.5 Å². The van der Waals surface area contributed by atoms with Gasteiger partial charge < -0.3 is 10.1 Å². The van der Waals surface area contributed by atoms with E-state index in [1.165, 1.54) is 58.0 Å². The fourth-order valence-corrected chi connectivity index (χ4v) is 4.79. The Morgan fingerprint density at radius 2 is 1.86 bits per heavy atom. The van der Waals surface area contributed by atoms with E-state index in [1.54, 1.807) is 0 Å². The Bertz CT molecular complexity index is 279. The molecule has 1 saturated heterocycles. The summed E-state index contributed by atoms with van der Waals surface area (Å²) in [6, 6.07) is 0.611. The van der Waals surface area contributed by atoms with E-state index in [0.717, 1.165) is 19.8 Å². The van der Waals surface area contributed by atoms with Crippen molar-refractivity contribution in [3.8, 4) is 0 Å². The lowest BCUT2D eigenvalue weighted by atomic mass is 9.76. The number of rotatable bonds is 8. The Morgan fingerprint density at radius 1 is 1.14 bits per heavy atom. The molecule has 124 valence electrons. The van der Waals surface area contributed by atoms with Gasteiger partial charge in [0.05, 0.1) is 6.61 Å². The van der Waals surface area contributed by atoms with Crippen molar-refractivity contribution >= 4 is 0 Å². The zero-order valence-electron chi connectivity index (χ0n) is 14.5. The first-order valence-electron chi connectivity index (χ1n) is 9.34. The van der Waals surface area contributed by atoms with Crippen LogP contribution in [0.1, 0.15) is 65.7 Å². The molecular weight excluding hydrogens is 260 g/mol. The van der Waals surface area contributed by atoms with Gasteiger partial charge in [-0.3, -0.25) is 4.90 Å². The highest BCUT2D eigenvalue weighted by Crippen LogP contribution is 2.41. The van der Waals surface area contributed by atoms with Crippen LogP contribution in [0.4, 0.5) is 0 Å². The maximum Gasteiger partial charge on any atom is 0.0509 e. The molecule has 0 aromatic carbocycles. The third-order valence-electron chi connectivity index (χ3n) is 5.72. The zero-order chi connectivity index (χ0) is 15.1. The predicted molar refractivity (Wildman–Crippen MR) is 89.7 cm³/mol. The molecule has 2 unspecified atom stereocenters. The lowest BCUT2D eigenvalue weighted by Crippen LogP contribution is -2.63.